The number of imidazole rings is 3. The fourth-order valence-electron chi connectivity index (χ4n) is 5.81. The van der Waals surface area contributed by atoms with E-state index in [0.717, 1.165) is 57.7 Å². The van der Waals surface area contributed by atoms with E-state index in [1.165, 1.54) is 11.3 Å². The molecule has 0 unspecified atom stereocenters. The molecule has 42 heavy (non-hydrogen) atoms. The summed E-state index contributed by atoms with van der Waals surface area (Å²) in [5.41, 5.74) is 5.37. The fourth-order valence-corrected chi connectivity index (χ4v) is 7.53. The number of nitrogens with zero attached hydrogens (tertiary/aromatic N) is 8. The van der Waals surface area contributed by atoms with Gasteiger partial charge in [-0.25, -0.2) is 28.5 Å². The van der Waals surface area contributed by atoms with E-state index in [1.54, 1.807) is 54.1 Å². The van der Waals surface area contributed by atoms with Gasteiger partial charge in [0, 0.05) is 63.1 Å². The molecule has 1 aliphatic heterocycles. The van der Waals surface area contributed by atoms with Crippen molar-refractivity contribution in [3.05, 3.63) is 64.0 Å². The molecule has 216 valence electrons. The molecule has 0 bridgehead atoms. The van der Waals surface area contributed by atoms with Gasteiger partial charge in [-0.2, -0.15) is 11.8 Å². The number of alkyl halides is 2. The Morgan fingerprint density at radius 3 is 2.43 bits per heavy atom. The van der Waals surface area contributed by atoms with Crippen molar-refractivity contribution in [2.45, 2.75) is 13.3 Å². The third-order valence-corrected chi connectivity index (χ3v) is 9.82. The summed E-state index contributed by atoms with van der Waals surface area (Å²) in [7, 11) is 5.43. The van der Waals surface area contributed by atoms with Gasteiger partial charge in [-0.1, -0.05) is 0 Å². The van der Waals surface area contributed by atoms with Crippen LogP contribution in [0.3, 0.4) is 0 Å². The lowest BCUT2D eigenvalue weighted by Crippen LogP contribution is -2.33. The summed E-state index contributed by atoms with van der Waals surface area (Å²) in [5, 5.41) is 0.803. The Morgan fingerprint density at radius 1 is 0.976 bits per heavy atom. The summed E-state index contributed by atoms with van der Waals surface area (Å²) >= 11 is 3.29. The zero-order valence-electron chi connectivity index (χ0n) is 23.5. The van der Waals surface area contributed by atoms with Gasteiger partial charge in [-0.15, -0.1) is 11.3 Å². The summed E-state index contributed by atoms with van der Waals surface area (Å²) < 4.78 is 36.4. The molecular formula is C29H28F2N8OS2. The lowest BCUT2D eigenvalue weighted by Gasteiger charge is -2.30. The number of benzene rings is 2. The second-order valence-electron chi connectivity index (χ2n) is 10.5. The molecule has 9 nitrogen and oxygen atoms in total. The van der Waals surface area contributed by atoms with Crippen molar-refractivity contribution in [2.75, 3.05) is 29.5 Å². The van der Waals surface area contributed by atoms with Crippen LogP contribution in [-0.2, 0) is 21.1 Å². The predicted octanol–water partition coefficient (Wildman–Crippen LogP) is 5.54. The number of halogens is 2. The number of fused-ring (bicyclic) bond motifs is 2. The molecule has 0 amide bonds. The number of rotatable bonds is 5. The number of thioether (sulfide) groups is 1. The van der Waals surface area contributed by atoms with Gasteiger partial charge in [0.05, 0.1) is 55.9 Å². The maximum absolute atomic E-state index is 14.6. The first-order valence-electron chi connectivity index (χ1n) is 13.5. The monoisotopic (exact) mass is 606 g/mol. The molecule has 0 atom stereocenters. The van der Waals surface area contributed by atoms with Crippen molar-refractivity contribution in [3.63, 3.8) is 0 Å². The first-order valence-corrected chi connectivity index (χ1v) is 15.5. The van der Waals surface area contributed by atoms with Crippen LogP contribution in [0.25, 0.3) is 49.7 Å². The van der Waals surface area contributed by atoms with Crippen molar-refractivity contribution in [1.82, 2.24) is 33.2 Å². The summed E-state index contributed by atoms with van der Waals surface area (Å²) in [6, 6.07) is 7.28. The molecule has 4 aromatic heterocycles. The highest BCUT2D eigenvalue weighted by Gasteiger charge is 2.26. The molecule has 0 saturated carbocycles. The van der Waals surface area contributed by atoms with E-state index in [1.807, 2.05) is 40.9 Å². The van der Waals surface area contributed by atoms with Gasteiger partial charge in [0.2, 0.25) is 0 Å². The van der Waals surface area contributed by atoms with Gasteiger partial charge in [0.25, 0.3) is 6.43 Å². The first-order chi connectivity index (χ1) is 20.2. The van der Waals surface area contributed by atoms with Crippen molar-refractivity contribution in [2.24, 2.45) is 21.1 Å². The third-order valence-electron chi connectivity index (χ3n) is 7.93. The second-order valence-corrected chi connectivity index (χ2v) is 12.9. The Balaban J connectivity index is 1.57. The number of aromatic nitrogens is 7. The van der Waals surface area contributed by atoms with E-state index in [2.05, 4.69) is 20.9 Å². The molecule has 1 fully saturated rings. The van der Waals surface area contributed by atoms with Crippen LogP contribution in [0.4, 0.5) is 14.5 Å². The predicted molar refractivity (Wildman–Crippen MR) is 165 cm³/mol. The fraction of sp³-hybridized carbons (Fsp3) is 0.310. The Hall–Kier alpha value is -3.97. The topological polar surface area (TPSA) is 78.7 Å². The molecule has 5 heterocycles. The van der Waals surface area contributed by atoms with Crippen molar-refractivity contribution in [1.29, 1.82) is 0 Å². The van der Waals surface area contributed by atoms with Gasteiger partial charge in [-0.05, 0) is 31.2 Å². The van der Waals surface area contributed by atoms with Gasteiger partial charge < -0.3 is 9.47 Å². The highest BCUT2D eigenvalue weighted by atomic mass is 32.2. The van der Waals surface area contributed by atoms with Crippen LogP contribution < -0.4 is 10.6 Å². The molecule has 6 aromatic rings. The van der Waals surface area contributed by atoms with E-state index in [9.17, 15) is 13.6 Å². The number of aryl methyl sites for hydroxylation is 4. The molecule has 0 radical (unpaired) electrons. The molecule has 1 saturated heterocycles. The average molecular weight is 607 g/mol. The summed E-state index contributed by atoms with van der Waals surface area (Å²) in [5.74, 6) is 2.54. The van der Waals surface area contributed by atoms with Crippen LogP contribution in [0.1, 0.15) is 17.0 Å². The third kappa shape index (κ3) is 4.17. The molecule has 7 rings (SSSR count). The van der Waals surface area contributed by atoms with E-state index < -0.39 is 6.43 Å². The molecule has 0 spiro atoms. The lowest BCUT2D eigenvalue weighted by atomic mass is 10.1. The normalized spacial score (nSPS) is 14.2. The van der Waals surface area contributed by atoms with Crippen LogP contribution in [0.2, 0.25) is 0 Å². The van der Waals surface area contributed by atoms with Crippen LogP contribution in [0.5, 0.6) is 0 Å². The molecular weight excluding hydrogens is 579 g/mol. The summed E-state index contributed by atoms with van der Waals surface area (Å²) in [6.07, 6.45) is 2.35. The number of anilines is 1. The number of thiazole rings is 1. The van der Waals surface area contributed by atoms with E-state index >= 15 is 0 Å². The molecule has 2 aromatic carbocycles. The van der Waals surface area contributed by atoms with Crippen LogP contribution in [0.15, 0.2) is 47.8 Å². The van der Waals surface area contributed by atoms with Gasteiger partial charge in [0.15, 0.2) is 5.82 Å². The standard InChI is InChI=1S/C29H28F2N8OS2/c1-16-33-14-25(42-16)18-11-20-21(12-19(18)27(30)31)39(28(34-20)24-13-32-15-35(24)2)17-9-22-26(37(4)29(40)36(22)3)23(10-17)38-5-7-41-8-6-38/h9-15,27H,5-8H2,1-4H3. The minimum atomic E-state index is -2.70. The zero-order valence-corrected chi connectivity index (χ0v) is 25.1. The van der Waals surface area contributed by atoms with E-state index in [0.29, 0.717) is 27.3 Å². The minimum Gasteiger partial charge on any atom is -0.368 e. The van der Waals surface area contributed by atoms with E-state index in [-0.39, 0.29) is 11.3 Å². The number of hydrogen-bond acceptors (Lipinski definition) is 7. The van der Waals surface area contributed by atoms with E-state index in [4.69, 9.17) is 4.98 Å². The Labute approximate surface area is 248 Å². The molecule has 0 aliphatic carbocycles. The first kappa shape index (κ1) is 26.9. The SMILES string of the molecule is Cc1ncc(-c2cc3nc(-c4cncn4C)n(-c4cc(N5CCSCC5)c5c(c4)n(C)c(=O)n5C)c3cc2C(F)F)s1. The largest absolute Gasteiger partial charge is 0.368 e. The molecule has 0 N–H and O–H groups in total. The highest BCUT2D eigenvalue weighted by molar-refractivity contribution is 7.99. The molecule has 13 heteroatoms. The average Bonchev–Trinajstić information content (AvgIpc) is 3.75. The van der Waals surface area contributed by atoms with Gasteiger partial charge in [-0.3, -0.25) is 13.7 Å². The maximum Gasteiger partial charge on any atom is 0.328 e. The Morgan fingerprint density at radius 2 is 1.76 bits per heavy atom. The van der Waals surface area contributed by atoms with Crippen molar-refractivity contribution in [3.8, 4) is 27.6 Å². The molecule has 1 aliphatic rings. The van der Waals surface area contributed by atoms with Crippen LogP contribution in [0, 0.1) is 6.92 Å². The zero-order chi connectivity index (χ0) is 29.3. The summed E-state index contributed by atoms with van der Waals surface area (Å²) in [4.78, 5) is 29.7. The van der Waals surface area contributed by atoms with Crippen molar-refractivity contribution >= 4 is 50.9 Å². The van der Waals surface area contributed by atoms with Gasteiger partial charge >= 0.3 is 5.69 Å². The van der Waals surface area contributed by atoms with Crippen molar-refractivity contribution < 1.29 is 8.78 Å². The number of hydrogen-bond donors (Lipinski definition) is 0. The highest BCUT2D eigenvalue weighted by Crippen LogP contribution is 2.40. The summed E-state index contributed by atoms with van der Waals surface area (Å²) in [6.45, 7) is 3.55. The second kappa shape index (κ2) is 10.1. The Bertz CT molecular complexity index is 2040. The Kier molecular flexibility index (Phi) is 6.46. The van der Waals surface area contributed by atoms with Gasteiger partial charge in [0.1, 0.15) is 5.69 Å². The van der Waals surface area contributed by atoms with Crippen LogP contribution in [-0.4, -0.2) is 57.8 Å². The maximum atomic E-state index is 14.6. The van der Waals surface area contributed by atoms with Crippen LogP contribution >= 0.6 is 23.1 Å². The smallest absolute Gasteiger partial charge is 0.328 e. The minimum absolute atomic E-state index is 0.0784. The quantitative estimate of drug-likeness (QED) is 0.257. The lowest BCUT2D eigenvalue weighted by molar-refractivity contribution is 0.152.